The first kappa shape index (κ1) is 20.7. The summed E-state index contributed by atoms with van der Waals surface area (Å²) in [6.45, 7) is 0. The van der Waals surface area contributed by atoms with Crippen LogP contribution < -0.4 is 0 Å². The van der Waals surface area contributed by atoms with Crippen molar-refractivity contribution in [2.24, 2.45) is 0 Å². The summed E-state index contributed by atoms with van der Waals surface area (Å²) in [5.74, 6) is 0. The lowest BCUT2D eigenvalue weighted by molar-refractivity contribution is 0.669. The molecule has 10 aromatic rings. The minimum absolute atomic E-state index is 0.0867. The molecule has 0 saturated heterocycles. The third-order valence-corrected chi connectivity index (χ3v) is 9.37. The summed E-state index contributed by atoms with van der Waals surface area (Å²) >= 11 is 0. The molecular formula is C48H30O. The molecule has 1 aromatic heterocycles. The van der Waals surface area contributed by atoms with Crippen molar-refractivity contribution in [1.29, 1.82) is 0 Å². The first-order valence-electron chi connectivity index (χ1n) is 20.2. The SMILES string of the molecule is [2H]c1c([2H])c(-c2c([2H])c([2H])c(-c3c4ccccc4c(-c4ccc5c(c4)oc4cc6ccccc6cc45)c4ccccc34)c([2H])c2[2H])c([2H])c([2H])c1-c1ccccc1. The van der Waals surface area contributed by atoms with E-state index in [1.54, 1.807) is 30.3 Å². The van der Waals surface area contributed by atoms with Crippen LogP contribution in [0.5, 0.6) is 0 Å². The molecule has 0 unspecified atom stereocenters. The zero-order chi connectivity index (χ0) is 39.3. The second-order valence-corrected chi connectivity index (χ2v) is 12.2. The van der Waals surface area contributed by atoms with Crippen molar-refractivity contribution in [1.82, 2.24) is 0 Å². The van der Waals surface area contributed by atoms with Gasteiger partial charge in [-0.15, -0.1) is 0 Å². The van der Waals surface area contributed by atoms with Crippen molar-refractivity contribution in [3.8, 4) is 44.5 Å². The van der Waals surface area contributed by atoms with Gasteiger partial charge in [-0.05, 0) is 101 Å². The van der Waals surface area contributed by atoms with Crippen LogP contribution in [0.3, 0.4) is 0 Å². The minimum atomic E-state index is -0.445. The van der Waals surface area contributed by atoms with Gasteiger partial charge in [0.1, 0.15) is 11.2 Å². The molecule has 49 heavy (non-hydrogen) atoms. The molecule has 0 aliphatic rings. The Balaban J connectivity index is 1.21. The maximum atomic E-state index is 9.43. The quantitative estimate of drug-likeness (QED) is 0.176. The topological polar surface area (TPSA) is 13.1 Å². The molecule has 0 amide bonds. The average molecular weight is 631 g/mol. The van der Waals surface area contributed by atoms with E-state index >= 15 is 0 Å². The maximum Gasteiger partial charge on any atom is 0.136 e. The van der Waals surface area contributed by atoms with E-state index in [-0.39, 0.29) is 46.4 Å². The molecular weight excluding hydrogens is 593 g/mol. The second kappa shape index (κ2) is 11.1. The van der Waals surface area contributed by atoms with E-state index in [4.69, 9.17) is 9.90 Å². The molecule has 1 heterocycles. The van der Waals surface area contributed by atoms with Gasteiger partial charge in [-0.25, -0.2) is 0 Å². The first-order chi connectivity index (χ1) is 27.6. The molecule has 0 atom stereocenters. The molecule has 9 aromatic carbocycles. The third-order valence-electron chi connectivity index (χ3n) is 9.37. The monoisotopic (exact) mass is 630 g/mol. The van der Waals surface area contributed by atoms with Crippen LogP contribution in [0.2, 0.25) is 0 Å². The molecule has 0 saturated carbocycles. The van der Waals surface area contributed by atoms with Crippen molar-refractivity contribution < 1.29 is 15.4 Å². The fourth-order valence-electron chi connectivity index (χ4n) is 7.08. The van der Waals surface area contributed by atoms with Crippen LogP contribution in [0.25, 0.3) is 98.8 Å². The van der Waals surface area contributed by atoms with Crippen LogP contribution in [-0.2, 0) is 0 Å². The van der Waals surface area contributed by atoms with E-state index in [1.807, 2.05) is 60.7 Å². The van der Waals surface area contributed by atoms with Crippen LogP contribution >= 0.6 is 0 Å². The van der Waals surface area contributed by atoms with Gasteiger partial charge in [0.2, 0.25) is 0 Å². The highest BCUT2D eigenvalue weighted by atomic mass is 16.3. The number of fused-ring (bicyclic) bond motifs is 6. The Bertz CT molecular complexity index is 3220. The number of hydrogen-bond acceptors (Lipinski definition) is 1. The number of hydrogen-bond donors (Lipinski definition) is 0. The second-order valence-electron chi connectivity index (χ2n) is 12.2. The lowest BCUT2D eigenvalue weighted by atomic mass is 9.85. The molecule has 0 aliphatic heterocycles. The van der Waals surface area contributed by atoms with Crippen molar-refractivity contribution >= 4 is 54.3 Å². The summed E-state index contributed by atoms with van der Waals surface area (Å²) in [5, 5.41) is 7.43. The zero-order valence-corrected chi connectivity index (χ0v) is 26.1. The van der Waals surface area contributed by atoms with Crippen molar-refractivity contribution in [3.63, 3.8) is 0 Å². The number of rotatable bonds is 4. The molecule has 10 rings (SSSR count). The number of benzene rings is 9. The lowest BCUT2D eigenvalue weighted by Crippen LogP contribution is -1.91. The summed E-state index contributed by atoms with van der Waals surface area (Å²) in [4.78, 5) is 0. The van der Waals surface area contributed by atoms with Crippen LogP contribution in [0.1, 0.15) is 11.0 Å². The Kier molecular flexibility index (Phi) is 4.69. The van der Waals surface area contributed by atoms with Crippen molar-refractivity contribution in [2.75, 3.05) is 0 Å². The van der Waals surface area contributed by atoms with E-state index < -0.39 is 24.2 Å². The summed E-state index contributed by atoms with van der Waals surface area (Å²) in [6.07, 6.45) is 0. The highest BCUT2D eigenvalue weighted by molar-refractivity contribution is 6.22. The summed E-state index contributed by atoms with van der Waals surface area (Å²) < 4.78 is 79.5. The maximum absolute atomic E-state index is 9.43. The highest BCUT2D eigenvalue weighted by Crippen LogP contribution is 2.45. The minimum Gasteiger partial charge on any atom is -0.456 e. The molecule has 1 nitrogen and oxygen atoms in total. The average Bonchev–Trinajstić information content (AvgIpc) is 3.59. The van der Waals surface area contributed by atoms with Crippen LogP contribution in [0, 0.1) is 0 Å². The third kappa shape index (κ3) is 4.55. The Hall–Kier alpha value is -6.44. The number of furan rings is 1. The van der Waals surface area contributed by atoms with Crippen LogP contribution in [-0.4, -0.2) is 0 Å². The standard InChI is InChI=1S/C48H30O/c1-2-10-31(11-3-1)32-18-20-33(21-19-32)34-22-24-35(25-23-34)47-40-14-6-8-16-42(40)48(43-17-9-7-15-41(43)47)38-26-27-39-44-28-36-12-4-5-13-37(36)29-46(44)49-45(39)30-38/h1-30H/i18D,19D,20D,21D,22D,23D,24D,25D. The van der Waals surface area contributed by atoms with Gasteiger partial charge >= 0.3 is 0 Å². The Labute approximate surface area is 295 Å². The van der Waals surface area contributed by atoms with E-state index in [0.29, 0.717) is 11.1 Å². The van der Waals surface area contributed by atoms with Gasteiger partial charge in [-0.2, -0.15) is 0 Å². The van der Waals surface area contributed by atoms with E-state index in [2.05, 4.69) is 42.5 Å². The van der Waals surface area contributed by atoms with Gasteiger partial charge < -0.3 is 4.42 Å². The normalized spacial score (nSPS) is 14.0. The van der Waals surface area contributed by atoms with Gasteiger partial charge in [0, 0.05) is 10.8 Å². The largest absolute Gasteiger partial charge is 0.456 e. The smallest absolute Gasteiger partial charge is 0.136 e. The molecule has 0 radical (unpaired) electrons. The molecule has 0 aliphatic carbocycles. The molecule has 0 fully saturated rings. The van der Waals surface area contributed by atoms with Crippen molar-refractivity contribution in [2.45, 2.75) is 0 Å². The Morgan fingerprint density at radius 2 is 0.755 bits per heavy atom. The summed E-state index contributed by atoms with van der Waals surface area (Å²) in [6, 6.07) is 39.8. The van der Waals surface area contributed by atoms with E-state index in [1.165, 1.54) is 0 Å². The predicted octanol–water partition coefficient (Wildman–Crippen LogP) is 13.7. The fourth-order valence-corrected chi connectivity index (χ4v) is 7.08. The van der Waals surface area contributed by atoms with Crippen LogP contribution in [0.15, 0.2) is 186 Å². The Morgan fingerprint density at radius 3 is 1.35 bits per heavy atom. The van der Waals surface area contributed by atoms with Gasteiger partial charge in [-0.3, -0.25) is 0 Å². The molecule has 0 spiro atoms. The van der Waals surface area contributed by atoms with E-state index in [0.717, 1.165) is 65.4 Å². The molecule has 1 heteroatoms. The van der Waals surface area contributed by atoms with Gasteiger partial charge in [-0.1, -0.05) is 158 Å². The van der Waals surface area contributed by atoms with Crippen molar-refractivity contribution in [3.05, 3.63) is 182 Å². The van der Waals surface area contributed by atoms with E-state index in [9.17, 15) is 5.48 Å². The fraction of sp³-hybridized carbons (Fsp3) is 0. The first-order valence-corrected chi connectivity index (χ1v) is 16.2. The molecule has 0 N–H and O–H groups in total. The predicted molar refractivity (Wildman–Crippen MR) is 208 cm³/mol. The molecule has 228 valence electrons. The summed E-state index contributed by atoms with van der Waals surface area (Å²) in [5.41, 5.74) is 4.09. The molecule has 0 bridgehead atoms. The van der Waals surface area contributed by atoms with Crippen LogP contribution in [0.4, 0.5) is 0 Å². The van der Waals surface area contributed by atoms with Gasteiger partial charge in [0.15, 0.2) is 0 Å². The van der Waals surface area contributed by atoms with Gasteiger partial charge in [0.05, 0.1) is 11.0 Å². The lowest BCUT2D eigenvalue weighted by Gasteiger charge is -2.18. The Morgan fingerprint density at radius 1 is 0.306 bits per heavy atom. The zero-order valence-electron chi connectivity index (χ0n) is 34.1. The highest BCUT2D eigenvalue weighted by Gasteiger charge is 2.18. The van der Waals surface area contributed by atoms with Gasteiger partial charge in [0.25, 0.3) is 0 Å². The summed E-state index contributed by atoms with van der Waals surface area (Å²) in [7, 11) is 0.